The molecule has 0 atom stereocenters. The third kappa shape index (κ3) is 4.26. The minimum absolute atomic E-state index is 0.412. The van der Waals surface area contributed by atoms with Crippen LogP contribution in [0.1, 0.15) is 16.7 Å². The van der Waals surface area contributed by atoms with Crippen LogP contribution >= 0.6 is 0 Å². The first-order valence-electron chi connectivity index (χ1n) is 8.23. The number of benzene rings is 2. The van der Waals surface area contributed by atoms with Crippen LogP contribution in [-0.2, 0) is 13.6 Å². The molecule has 1 aromatic heterocycles. The smallest absolute Gasteiger partial charge is 0.193 e. The highest BCUT2D eigenvalue weighted by molar-refractivity contribution is 5.92. The molecular formula is C20H23N5. The fourth-order valence-corrected chi connectivity index (χ4v) is 2.60. The van der Waals surface area contributed by atoms with Gasteiger partial charge in [0.25, 0.3) is 0 Å². The van der Waals surface area contributed by atoms with E-state index in [-0.39, 0.29) is 0 Å². The Bertz CT molecular complexity index is 908. The first kappa shape index (κ1) is 16.8. The van der Waals surface area contributed by atoms with E-state index in [4.69, 9.17) is 5.73 Å². The maximum atomic E-state index is 6.02. The van der Waals surface area contributed by atoms with E-state index < -0.39 is 0 Å². The van der Waals surface area contributed by atoms with Crippen LogP contribution in [-0.4, -0.2) is 15.7 Å². The standard InChI is InChI=1S/C20H23N5/c1-14-7-8-19(9-15(14)2)24-20(21)22-11-16-5-4-6-17(10-16)18-12-23-25(3)13-18/h4-10,12-13H,11H2,1-3H3,(H3,21,22,24). The Morgan fingerprint density at radius 1 is 1.12 bits per heavy atom. The molecule has 0 bridgehead atoms. The number of nitrogens with zero attached hydrogens (tertiary/aromatic N) is 3. The van der Waals surface area contributed by atoms with Crippen molar-refractivity contribution in [1.29, 1.82) is 0 Å². The topological polar surface area (TPSA) is 68.2 Å². The lowest BCUT2D eigenvalue weighted by molar-refractivity contribution is 0.768. The fraction of sp³-hybridized carbons (Fsp3) is 0.200. The number of hydrogen-bond donors (Lipinski definition) is 2. The zero-order valence-electron chi connectivity index (χ0n) is 14.8. The van der Waals surface area contributed by atoms with Gasteiger partial charge in [0.1, 0.15) is 0 Å². The Kier molecular flexibility index (Phi) is 4.84. The predicted molar refractivity (Wildman–Crippen MR) is 104 cm³/mol. The molecule has 3 aromatic rings. The van der Waals surface area contributed by atoms with Crippen LogP contribution in [0.15, 0.2) is 59.9 Å². The number of aryl methyl sites for hydroxylation is 3. The van der Waals surface area contributed by atoms with Gasteiger partial charge in [0, 0.05) is 24.5 Å². The lowest BCUT2D eigenvalue weighted by Crippen LogP contribution is -2.22. The first-order valence-corrected chi connectivity index (χ1v) is 8.23. The van der Waals surface area contributed by atoms with E-state index in [9.17, 15) is 0 Å². The number of hydrogen-bond acceptors (Lipinski definition) is 2. The molecule has 0 unspecified atom stereocenters. The summed E-state index contributed by atoms with van der Waals surface area (Å²) in [6, 6.07) is 14.4. The molecule has 25 heavy (non-hydrogen) atoms. The van der Waals surface area contributed by atoms with Gasteiger partial charge in [-0.25, -0.2) is 4.99 Å². The first-order chi connectivity index (χ1) is 12.0. The summed E-state index contributed by atoms with van der Waals surface area (Å²) < 4.78 is 1.80. The van der Waals surface area contributed by atoms with Crippen LogP contribution in [0, 0.1) is 13.8 Å². The van der Waals surface area contributed by atoms with Crippen molar-refractivity contribution < 1.29 is 0 Å². The van der Waals surface area contributed by atoms with Crippen molar-refractivity contribution in [2.45, 2.75) is 20.4 Å². The van der Waals surface area contributed by atoms with E-state index in [0.717, 1.165) is 22.4 Å². The average molecular weight is 333 g/mol. The molecule has 128 valence electrons. The summed E-state index contributed by atoms with van der Waals surface area (Å²) in [6.07, 6.45) is 3.86. The van der Waals surface area contributed by atoms with Gasteiger partial charge in [0.05, 0.1) is 12.7 Å². The monoisotopic (exact) mass is 333 g/mol. The molecule has 2 aromatic carbocycles. The fourth-order valence-electron chi connectivity index (χ4n) is 2.60. The summed E-state index contributed by atoms with van der Waals surface area (Å²) >= 11 is 0. The molecule has 0 aliphatic rings. The van der Waals surface area contributed by atoms with Crippen molar-refractivity contribution in [3.8, 4) is 11.1 Å². The van der Waals surface area contributed by atoms with E-state index in [1.165, 1.54) is 11.1 Å². The molecule has 0 radical (unpaired) electrons. The van der Waals surface area contributed by atoms with E-state index >= 15 is 0 Å². The number of aromatic nitrogens is 2. The van der Waals surface area contributed by atoms with Gasteiger partial charge < -0.3 is 11.1 Å². The number of aliphatic imine (C=N–C) groups is 1. The number of rotatable bonds is 4. The molecule has 1 heterocycles. The highest BCUT2D eigenvalue weighted by Crippen LogP contribution is 2.20. The van der Waals surface area contributed by atoms with Gasteiger partial charge in [-0.15, -0.1) is 0 Å². The summed E-state index contributed by atoms with van der Waals surface area (Å²) in [5, 5.41) is 7.36. The number of guanidine groups is 1. The predicted octanol–water partition coefficient (Wildman–Crippen LogP) is 3.63. The van der Waals surface area contributed by atoms with Crippen molar-refractivity contribution >= 4 is 11.6 Å². The molecule has 5 nitrogen and oxygen atoms in total. The average Bonchev–Trinajstić information content (AvgIpc) is 3.03. The second-order valence-corrected chi connectivity index (χ2v) is 6.23. The van der Waals surface area contributed by atoms with Gasteiger partial charge in [-0.1, -0.05) is 24.3 Å². The molecule has 3 N–H and O–H groups in total. The SMILES string of the molecule is Cc1ccc(NC(N)=NCc2cccc(-c3cnn(C)c3)c2)cc1C. The number of nitrogens with one attached hydrogen (secondary N) is 1. The zero-order chi connectivity index (χ0) is 17.8. The van der Waals surface area contributed by atoms with Crippen LogP contribution in [0.2, 0.25) is 0 Å². The van der Waals surface area contributed by atoms with E-state index in [1.54, 1.807) is 4.68 Å². The molecule has 0 fully saturated rings. The zero-order valence-corrected chi connectivity index (χ0v) is 14.8. The molecule has 0 aliphatic heterocycles. The van der Waals surface area contributed by atoms with Crippen LogP contribution in [0.25, 0.3) is 11.1 Å². The Hall–Kier alpha value is -3.08. The van der Waals surface area contributed by atoms with Crippen LogP contribution in [0.4, 0.5) is 5.69 Å². The molecule has 5 heteroatoms. The highest BCUT2D eigenvalue weighted by atomic mass is 15.2. The van der Waals surface area contributed by atoms with Crippen LogP contribution in [0.3, 0.4) is 0 Å². The third-order valence-corrected chi connectivity index (χ3v) is 4.18. The Morgan fingerprint density at radius 3 is 2.68 bits per heavy atom. The lowest BCUT2D eigenvalue weighted by atomic mass is 10.1. The minimum atomic E-state index is 0.412. The molecule has 0 amide bonds. The lowest BCUT2D eigenvalue weighted by Gasteiger charge is -2.08. The molecule has 0 aliphatic carbocycles. The Morgan fingerprint density at radius 2 is 1.96 bits per heavy atom. The molecule has 0 saturated heterocycles. The summed E-state index contributed by atoms with van der Waals surface area (Å²) in [5.41, 5.74) is 12.8. The normalized spacial score (nSPS) is 11.6. The maximum absolute atomic E-state index is 6.02. The van der Waals surface area contributed by atoms with E-state index in [0.29, 0.717) is 12.5 Å². The second-order valence-electron chi connectivity index (χ2n) is 6.23. The van der Waals surface area contributed by atoms with E-state index in [1.807, 2.05) is 37.6 Å². The van der Waals surface area contributed by atoms with E-state index in [2.05, 4.69) is 53.5 Å². The molecular weight excluding hydrogens is 310 g/mol. The van der Waals surface area contributed by atoms with Gasteiger partial charge in [-0.2, -0.15) is 5.10 Å². The summed E-state index contributed by atoms with van der Waals surface area (Å²) in [6.45, 7) is 4.70. The van der Waals surface area contributed by atoms with Gasteiger partial charge in [0.2, 0.25) is 0 Å². The van der Waals surface area contributed by atoms with Gasteiger partial charge in [0.15, 0.2) is 5.96 Å². The maximum Gasteiger partial charge on any atom is 0.193 e. The highest BCUT2D eigenvalue weighted by Gasteiger charge is 2.02. The molecule has 0 saturated carbocycles. The summed E-state index contributed by atoms with van der Waals surface area (Å²) in [7, 11) is 1.91. The van der Waals surface area contributed by atoms with Crippen molar-refractivity contribution in [3.05, 3.63) is 71.5 Å². The molecule has 0 spiro atoms. The number of anilines is 1. The van der Waals surface area contributed by atoms with Crippen molar-refractivity contribution in [3.63, 3.8) is 0 Å². The van der Waals surface area contributed by atoms with Gasteiger partial charge in [-0.05, 0) is 54.3 Å². The summed E-state index contributed by atoms with van der Waals surface area (Å²) in [5.74, 6) is 0.412. The second kappa shape index (κ2) is 7.21. The van der Waals surface area contributed by atoms with Gasteiger partial charge in [-0.3, -0.25) is 4.68 Å². The third-order valence-electron chi connectivity index (χ3n) is 4.18. The Labute approximate surface area is 148 Å². The largest absolute Gasteiger partial charge is 0.370 e. The van der Waals surface area contributed by atoms with Crippen molar-refractivity contribution in [2.24, 2.45) is 17.8 Å². The van der Waals surface area contributed by atoms with Crippen LogP contribution < -0.4 is 11.1 Å². The van der Waals surface area contributed by atoms with Gasteiger partial charge >= 0.3 is 0 Å². The minimum Gasteiger partial charge on any atom is -0.370 e. The Balaban J connectivity index is 1.69. The molecule has 3 rings (SSSR count). The van der Waals surface area contributed by atoms with Crippen molar-refractivity contribution in [1.82, 2.24) is 9.78 Å². The number of nitrogens with two attached hydrogens (primary N) is 1. The quantitative estimate of drug-likeness (QED) is 0.566. The van der Waals surface area contributed by atoms with Crippen LogP contribution in [0.5, 0.6) is 0 Å². The van der Waals surface area contributed by atoms with Crippen molar-refractivity contribution in [2.75, 3.05) is 5.32 Å². The summed E-state index contributed by atoms with van der Waals surface area (Å²) in [4.78, 5) is 4.44.